The van der Waals surface area contributed by atoms with Crippen molar-refractivity contribution in [2.75, 3.05) is 6.54 Å². The maximum Gasteiger partial charge on any atom is 0.389 e. The molecule has 0 saturated carbocycles. The van der Waals surface area contributed by atoms with Crippen molar-refractivity contribution in [3.8, 4) is 0 Å². The largest absolute Gasteiger partial charge is 0.389 e. The molecule has 0 radical (unpaired) electrons. The Morgan fingerprint density at radius 2 is 2.00 bits per heavy atom. The van der Waals surface area contributed by atoms with Gasteiger partial charge in [-0.05, 0) is 31.4 Å². The molecule has 0 aromatic heterocycles. The lowest BCUT2D eigenvalue weighted by atomic mass is 9.91. The van der Waals surface area contributed by atoms with Gasteiger partial charge in [0, 0.05) is 0 Å². The summed E-state index contributed by atoms with van der Waals surface area (Å²) >= 11 is 0. The van der Waals surface area contributed by atoms with Crippen molar-refractivity contribution in [2.45, 2.75) is 31.9 Å². The first-order valence-electron chi connectivity index (χ1n) is 5.26. The molecule has 1 aromatic carbocycles. The van der Waals surface area contributed by atoms with Crippen LogP contribution in [0.3, 0.4) is 0 Å². The van der Waals surface area contributed by atoms with Crippen LogP contribution in [0.25, 0.3) is 0 Å². The summed E-state index contributed by atoms with van der Waals surface area (Å²) in [6.45, 7) is 2.14. The van der Waals surface area contributed by atoms with E-state index in [1.165, 1.54) is 0 Å². The Labute approximate surface area is 93.5 Å². The summed E-state index contributed by atoms with van der Waals surface area (Å²) in [6, 6.07) is 7.19. The van der Waals surface area contributed by atoms with Gasteiger partial charge in [-0.25, -0.2) is 0 Å². The minimum atomic E-state index is -4.14. The minimum Gasteiger partial charge on any atom is -0.330 e. The van der Waals surface area contributed by atoms with Crippen LogP contribution >= 0.6 is 0 Å². The van der Waals surface area contributed by atoms with Gasteiger partial charge in [0.05, 0.1) is 6.42 Å². The van der Waals surface area contributed by atoms with Crippen LogP contribution in [0, 0.1) is 6.92 Å². The maximum atomic E-state index is 12.4. The molecular weight excluding hydrogens is 215 g/mol. The molecular formula is C12H16F3N. The van der Waals surface area contributed by atoms with Crippen LogP contribution in [0.4, 0.5) is 13.2 Å². The zero-order valence-electron chi connectivity index (χ0n) is 9.22. The number of rotatable bonds is 4. The number of nitrogens with two attached hydrogens (primary N) is 1. The molecule has 1 rings (SSSR count). The lowest BCUT2D eigenvalue weighted by molar-refractivity contribution is -0.139. The van der Waals surface area contributed by atoms with Crippen LogP contribution < -0.4 is 5.73 Å². The molecule has 0 aliphatic heterocycles. The van der Waals surface area contributed by atoms with Crippen LogP contribution in [0.1, 0.15) is 29.9 Å². The fourth-order valence-electron chi connectivity index (χ4n) is 1.79. The summed E-state index contributed by atoms with van der Waals surface area (Å²) in [6.07, 6.45) is -4.57. The predicted molar refractivity (Wildman–Crippen MR) is 58.3 cm³/mol. The van der Waals surface area contributed by atoms with E-state index < -0.39 is 18.5 Å². The van der Waals surface area contributed by atoms with Crippen LogP contribution in [0.5, 0.6) is 0 Å². The Bertz CT molecular complexity index is 333. The van der Waals surface area contributed by atoms with E-state index in [1.54, 1.807) is 18.2 Å². The van der Waals surface area contributed by atoms with Gasteiger partial charge in [-0.1, -0.05) is 29.8 Å². The zero-order valence-corrected chi connectivity index (χ0v) is 9.22. The highest BCUT2D eigenvalue weighted by molar-refractivity contribution is 5.25. The molecule has 16 heavy (non-hydrogen) atoms. The molecule has 1 nitrogen and oxygen atoms in total. The molecule has 0 fully saturated rings. The Hall–Kier alpha value is -1.03. The van der Waals surface area contributed by atoms with Gasteiger partial charge >= 0.3 is 6.18 Å². The summed E-state index contributed by atoms with van der Waals surface area (Å²) in [7, 11) is 0. The van der Waals surface area contributed by atoms with Gasteiger partial charge in [-0.2, -0.15) is 13.2 Å². The summed E-state index contributed by atoms with van der Waals surface area (Å²) in [5.74, 6) is -0.523. The molecule has 0 aliphatic rings. The van der Waals surface area contributed by atoms with Gasteiger partial charge in [-0.15, -0.1) is 0 Å². The highest BCUT2D eigenvalue weighted by atomic mass is 19.4. The molecule has 0 amide bonds. The fraction of sp³-hybridized carbons (Fsp3) is 0.500. The quantitative estimate of drug-likeness (QED) is 0.844. The number of benzene rings is 1. The van der Waals surface area contributed by atoms with Crippen molar-refractivity contribution in [3.05, 3.63) is 35.4 Å². The fourth-order valence-corrected chi connectivity index (χ4v) is 1.79. The molecule has 0 heterocycles. The first kappa shape index (κ1) is 13.0. The monoisotopic (exact) mass is 231 g/mol. The number of hydrogen-bond donors (Lipinski definition) is 1. The van der Waals surface area contributed by atoms with E-state index >= 15 is 0 Å². The van der Waals surface area contributed by atoms with E-state index in [0.29, 0.717) is 6.42 Å². The second kappa shape index (κ2) is 5.34. The van der Waals surface area contributed by atoms with Crippen molar-refractivity contribution in [3.63, 3.8) is 0 Å². The van der Waals surface area contributed by atoms with Crippen LogP contribution in [0.15, 0.2) is 24.3 Å². The van der Waals surface area contributed by atoms with Crippen molar-refractivity contribution < 1.29 is 13.2 Å². The Morgan fingerprint density at radius 1 is 1.31 bits per heavy atom. The van der Waals surface area contributed by atoms with E-state index in [2.05, 4.69) is 0 Å². The molecule has 4 heteroatoms. The third-order valence-electron chi connectivity index (χ3n) is 2.51. The third-order valence-corrected chi connectivity index (χ3v) is 2.51. The second-order valence-corrected chi connectivity index (χ2v) is 4.01. The molecule has 2 N–H and O–H groups in total. The maximum absolute atomic E-state index is 12.4. The van der Waals surface area contributed by atoms with Crippen LogP contribution in [0.2, 0.25) is 0 Å². The molecule has 1 unspecified atom stereocenters. The predicted octanol–water partition coefficient (Wildman–Crippen LogP) is 3.38. The lowest BCUT2D eigenvalue weighted by Crippen LogP contribution is -2.17. The Kier molecular flexibility index (Phi) is 4.35. The topological polar surface area (TPSA) is 26.0 Å². The Balaban J connectivity index is 2.85. The first-order chi connectivity index (χ1) is 7.42. The summed E-state index contributed by atoms with van der Waals surface area (Å²) in [4.78, 5) is 0. The first-order valence-corrected chi connectivity index (χ1v) is 5.26. The molecule has 90 valence electrons. The number of aryl methyl sites for hydroxylation is 1. The van der Waals surface area contributed by atoms with Gasteiger partial charge in [0.15, 0.2) is 0 Å². The number of alkyl halides is 3. The van der Waals surface area contributed by atoms with E-state index in [9.17, 15) is 13.2 Å². The number of halogens is 3. The van der Waals surface area contributed by atoms with Crippen molar-refractivity contribution in [1.82, 2.24) is 0 Å². The van der Waals surface area contributed by atoms with E-state index in [0.717, 1.165) is 11.1 Å². The number of hydrogen-bond acceptors (Lipinski definition) is 1. The summed E-state index contributed by atoms with van der Waals surface area (Å²) in [5, 5.41) is 0. The smallest absolute Gasteiger partial charge is 0.330 e. The standard InChI is InChI=1S/C12H16F3N/c1-9-3-2-4-10(7-9)11(5-6-16)8-12(13,14)15/h2-4,7,11H,5-6,8,16H2,1H3. The molecule has 0 bridgehead atoms. The van der Waals surface area contributed by atoms with Gasteiger partial charge in [-0.3, -0.25) is 0 Å². The summed E-state index contributed by atoms with van der Waals surface area (Å²) in [5.41, 5.74) is 7.05. The van der Waals surface area contributed by atoms with Crippen LogP contribution in [-0.2, 0) is 0 Å². The van der Waals surface area contributed by atoms with Gasteiger partial charge < -0.3 is 5.73 Å². The molecule has 0 aliphatic carbocycles. The van der Waals surface area contributed by atoms with E-state index in [4.69, 9.17) is 5.73 Å². The molecule has 0 spiro atoms. The average molecular weight is 231 g/mol. The molecule has 1 atom stereocenters. The Morgan fingerprint density at radius 3 is 2.50 bits per heavy atom. The molecule has 1 aromatic rings. The van der Waals surface area contributed by atoms with Crippen molar-refractivity contribution in [1.29, 1.82) is 0 Å². The highest BCUT2D eigenvalue weighted by Crippen LogP contribution is 2.33. The lowest BCUT2D eigenvalue weighted by Gasteiger charge is -2.18. The van der Waals surface area contributed by atoms with Gasteiger partial charge in [0.25, 0.3) is 0 Å². The van der Waals surface area contributed by atoms with E-state index in [-0.39, 0.29) is 6.54 Å². The van der Waals surface area contributed by atoms with E-state index in [1.807, 2.05) is 13.0 Å². The van der Waals surface area contributed by atoms with Crippen LogP contribution in [-0.4, -0.2) is 12.7 Å². The second-order valence-electron chi connectivity index (χ2n) is 4.01. The van der Waals surface area contributed by atoms with Crippen molar-refractivity contribution >= 4 is 0 Å². The van der Waals surface area contributed by atoms with Crippen molar-refractivity contribution in [2.24, 2.45) is 5.73 Å². The minimum absolute atomic E-state index is 0.273. The SMILES string of the molecule is Cc1cccc(C(CCN)CC(F)(F)F)c1. The summed E-state index contributed by atoms with van der Waals surface area (Å²) < 4.78 is 37.1. The third kappa shape index (κ3) is 4.23. The molecule has 0 saturated heterocycles. The van der Waals surface area contributed by atoms with Gasteiger partial charge in [0.2, 0.25) is 0 Å². The van der Waals surface area contributed by atoms with Gasteiger partial charge in [0.1, 0.15) is 0 Å². The zero-order chi connectivity index (χ0) is 12.2. The average Bonchev–Trinajstić information content (AvgIpc) is 2.15. The highest BCUT2D eigenvalue weighted by Gasteiger charge is 2.32. The normalized spacial score (nSPS) is 13.8.